The van der Waals surface area contributed by atoms with Crippen molar-refractivity contribution in [2.24, 2.45) is 0 Å². The minimum Gasteiger partial charge on any atom is -0.337 e. The summed E-state index contributed by atoms with van der Waals surface area (Å²) in [5, 5.41) is 5.48. The van der Waals surface area contributed by atoms with Crippen LogP contribution in [0.25, 0.3) is 0 Å². The highest BCUT2D eigenvalue weighted by Gasteiger charge is 2.33. The van der Waals surface area contributed by atoms with Gasteiger partial charge in [0.1, 0.15) is 0 Å². The first-order chi connectivity index (χ1) is 8.77. The van der Waals surface area contributed by atoms with E-state index in [0.717, 1.165) is 38.9 Å². The number of carbonyl (C=O) groups excluding carboxylic acids is 1. The number of nitrogens with one attached hydrogen (secondary N) is 1. The SMILES string of the molecule is C[C@H]1CNCCN1C(=O)C1CCCc2sccc21.Cl. The normalized spacial score (nSPS) is 26.5. The number of thiophene rings is 1. The molecule has 2 aliphatic rings. The van der Waals surface area contributed by atoms with Gasteiger partial charge in [-0.15, -0.1) is 23.7 Å². The van der Waals surface area contributed by atoms with E-state index in [9.17, 15) is 4.79 Å². The minimum atomic E-state index is 0. The predicted molar refractivity (Wildman–Crippen MR) is 81.3 cm³/mol. The van der Waals surface area contributed by atoms with E-state index < -0.39 is 0 Å². The van der Waals surface area contributed by atoms with Crippen molar-refractivity contribution < 1.29 is 4.79 Å². The van der Waals surface area contributed by atoms with Crippen molar-refractivity contribution in [2.75, 3.05) is 19.6 Å². The highest BCUT2D eigenvalue weighted by molar-refractivity contribution is 7.10. The number of hydrogen-bond acceptors (Lipinski definition) is 3. The molecule has 1 aromatic rings. The fourth-order valence-electron chi connectivity index (χ4n) is 3.11. The van der Waals surface area contributed by atoms with E-state index >= 15 is 0 Å². The van der Waals surface area contributed by atoms with Crippen LogP contribution in [-0.2, 0) is 11.2 Å². The van der Waals surface area contributed by atoms with Crippen LogP contribution in [0, 0.1) is 0 Å². The number of fused-ring (bicyclic) bond motifs is 1. The number of hydrogen-bond donors (Lipinski definition) is 1. The van der Waals surface area contributed by atoms with Crippen molar-refractivity contribution in [3.05, 3.63) is 21.9 Å². The van der Waals surface area contributed by atoms with Crippen LogP contribution in [0.1, 0.15) is 36.1 Å². The molecule has 3 nitrogen and oxygen atoms in total. The molecule has 0 aromatic carbocycles. The zero-order chi connectivity index (χ0) is 12.5. The topological polar surface area (TPSA) is 32.3 Å². The fourth-order valence-corrected chi connectivity index (χ4v) is 4.10. The number of halogens is 1. The summed E-state index contributed by atoms with van der Waals surface area (Å²) >= 11 is 1.81. The molecule has 2 atom stereocenters. The van der Waals surface area contributed by atoms with Crippen molar-refractivity contribution in [3.8, 4) is 0 Å². The molecule has 106 valence electrons. The second kappa shape index (κ2) is 6.25. The lowest BCUT2D eigenvalue weighted by Crippen LogP contribution is -2.53. The molecule has 1 N–H and O–H groups in total. The van der Waals surface area contributed by atoms with Gasteiger partial charge in [-0.25, -0.2) is 0 Å². The Morgan fingerprint density at radius 2 is 2.37 bits per heavy atom. The molecule has 0 bridgehead atoms. The van der Waals surface area contributed by atoms with Gasteiger partial charge in [0.05, 0.1) is 5.92 Å². The number of nitrogens with zero attached hydrogens (tertiary/aromatic N) is 1. The van der Waals surface area contributed by atoms with Gasteiger partial charge in [-0.05, 0) is 43.2 Å². The van der Waals surface area contributed by atoms with E-state index in [1.165, 1.54) is 10.4 Å². The van der Waals surface area contributed by atoms with Gasteiger partial charge in [0.25, 0.3) is 0 Å². The molecule has 1 aliphatic heterocycles. The summed E-state index contributed by atoms with van der Waals surface area (Å²) < 4.78 is 0. The maximum absolute atomic E-state index is 12.7. The van der Waals surface area contributed by atoms with Gasteiger partial charge in [0.2, 0.25) is 5.91 Å². The molecule has 19 heavy (non-hydrogen) atoms. The monoisotopic (exact) mass is 300 g/mol. The third-order valence-corrected chi connectivity index (χ3v) is 5.13. The lowest BCUT2D eigenvalue weighted by molar-refractivity contribution is -0.136. The molecule has 1 amide bonds. The van der Waals surface area contributed by atoms with Crippen LogP contribution < -0.4 is 5.32 Å². The Morgan fingerprint density at radius 1 is 1.53 bits per heavy atom. The Balaban J connectivity index is 0.00000133. The zero-order valence-electron chi connectivity index (χ0n) is 11.2. The molecule has 1 aliphatic carbocycles. The molecule has 1 saturated heterocycles. The Bertz CT molecular complexity index is 448. The molecule has 0 radical (unpaired) electrons. The van der Waals surface area contributed by atoms with Crippen molar-refractivity contribution in [1.29, 1.82) is 0 Å². The third kappa shape index (κ3) is 2.81. The molecular weight excluding hydrogens is 280 g/mol. The lowest BCUT2D eigenvalue weighted by Gasteiger charge is -2.37. The van der Waals surface area contributed by atoms with Gasteiger partial charge in [0, 0.05) is 30.6 Å². The first-order valence-corrected chi connectivity index (χ1v) is 7.73. The van der Waals surface area contributed by atoms with Crippen LogP contribution in [0.3, 0.4) is 0 Å². The summed E-state index contributed by atoms with van der Waals surface area (Å²) in [7, 11) is 0. The summed E-state index contributed by atoms with van der Waals surface area (Å²) in [6, 6.07) is 2.49. The van der Waals surface area contributed by atoms with E-state index in [-0.39, 0.29) is 18.3 Å². The van der Waals surface area contributed by atoms with Crippen LogP contribution in [0.15, 0.2) is 11.4 Å². The van der Waals surface area contributed by atoms with Crippen LogP contribution in [0.5, 0.6) is 0 Å². The van der Waals surface area contributed by atoms with Crippen molar-refractivity contribution in [3.63, 3.8) is 0 Å². The van der Waals surface area contributed by atoms with Crippen LogP contribution in [0.4, 0.5) is 0 Å². The van der Waals surface area contributed by atoms with Crippen molar-refractivity contribution in [1.82, 2.24) is 10.2 Å². The Labute approximate surface area is 124 Å². The molecule has 1 aromatic heterocycles. The molecule has 0 spiro atoms. The largest absolute Gasteiger partial charge is 0.337 e. The number of piperazine rings is 1. The number of carbonyl (C=O) groups is 1. The summed E-state index contributed by atoms with van der Waals surface area (Å²) in [6.45, 7) is 4.85. The average Bonchev–Trinajstić information content (AvgIpc) is 2.86. The first kappa shape index (κ1) is 14.8. The molecule has 0 saturated carbocycles. The van der Waals surface area contributed by atoms with Crippen LogP contribution in [0.2, 0.25) is 0 Å². The van der Waals surface area contributed by atoms with E-state index in [2.05, 4.69) is 28.6 Å². The molecular formula is C14H21ClN2OS. The summed E-state index contributed by atoms with van der Waals surface area (Å²) in [5.74, 6) is 0.476. The highest BCUT2D eigenvalue weighted by atomic mass is 35.5. The molecule has 1 unspecified atom stereocenters. The second-order valence-electron chi connectivity index (χ2n) is 5.33. The van der Waals surface area contributed by atoms with E-state index in [1.54, 1.807) is 0 Å². The maximum Gasteiger partial charge on any atom is 0.230 e. The Hall–Kier alpha value is -0.580. The second-order valence-corrected chi connectivity index (χ2v) is 6.33. The Morgan fingerprint density at radius 3 is 3.16 bits per heavy atom. The number of aryl methyl sites for hydroxylation is 1. The van der Waals surface area contributed by atoms with Gasteiger partial charge >= 0.3 is 0 Å². The quantitative estimate of drug-likeness (QED) is 0.864. The van der Waals surface area contributed by atoms with E-state index in [1.807, 2.05) is 11.3 Å². The molecule has 1 fully saturated rings. The molecule has 5 heteroatoms. The van der Waals surface area contributed by atoms with Crippen molar-refractivity contribution >= 4 is 29.7 Å². The Kier molecular flexibility index (Phi) is 4.87. The van der Waals surface area contributed by atoms with Gasteiger partial charge in [-0.1, -0.05) is 0 Å². The van der Waals surface area contributed by atoms with Gasteiger partial charge in [-0.3, -0.25) is 4.79 Å². The van der Waals surface area contributed by atoms with Gasteiger partial charge in [0.15, 0.2) is 0 Å². The van der Waals surface area contributed by atoms with Crippen molar-refractivity contribution in [2.45, 2.75) is 38.1 Å². The summed E-state index contributed by atoms with van der Waals surface area (Å²) in [5.41, 5.74) is 1.31. The maximum atomic E-state index is 12.7. The highest BCUT2D eigenvalue weighted by Crippen LogP contribution is 2.36. The smallest absolute Gasteiger partial charge is 0.230 e. The van der Waals surface area contributed by atoms with Gasteiger partial charge < -0.3 is 10.2 Å². The molecule has 3 rings (SSSR count). The van der Waals surface area contributed by atoms with Gasteiger partial charge in [-0.2, -0.15) is 0 Å². The molecule has 2 heterocycles. The third-order valence-electron chi connectivity index (χ3n) is 4.13. The standard InChI is InChI=1S/C14H20N2OS.ClH/c1-10-9-15-6-7-16(10)14(17)12-3-2-4-13-11(12)5-8-18-13;/h5,8,10,12,15H,2-4,6-7,9H2,1H3;1H/t10-,12?;/m0./s1. The number of amides is 1. The average molecular weight is 301 g/mol. The summed E-state index contributed by atoms with van der Waals surface area (Å²) in [4.78, 5) is 16.2. The number of rotatable bonds is 1. The van der Waals surface area contributed by atoms with Crippen LogP contribution >= 0.6 is 23.7 Å². The van der Waals surface area contributed by atoms with E-state index in [4.69, 9.17) is 0 Å². The lowest BCUT2D eigenvalue weighted by atomic mass is 9.86. The summed E-state index contributed by atoms with van der Waals surface area (Å²) in [6.07, 6.45) is 3.34. The minimum absolute atomic E-state index is 0. The van der Waals surface area contributed by atoms with E-state index in [0.29, 0.717) is 11.9 Å². The predicted octanol–water partition coefficient (Wildman–Crippen LogP) is 2.41. The first-order valence-electron chi connectivity index (χ1n) is 6.85. The van der Waals surface area contributed by atoms with Crippen LogP contribution in [-0.4, -0.2) is 36.5 Å². The fraction of sp³-hybridized carbons (Fsp3) is 0.643. The zero-order valence-corrected chi connectivity index (χ0v) is 12.9.